The normalized spacial score (nSPS) is 13.6. The first kappa shape index (κ1) is 20.9. The van der Waals surface area contributed by atoms with Crippen LogP contribution < -0.4 is 4.72 Å². The number of halogens is 3. The molecule has 25 heavy (non-hydrogen) atoms. The first-order valence-corrected chi connectivity index (χ1v) is 8.34. The van der Waals surface area contributed by atoms with Crippen LogP contribution >= 0.6 is 0 Å². The van der Waals surface area contributed by atoms with E-state index in [9.17, 15) is 31.2 Å². The number of carbonyl (C=O) groups is 2. The standard InChI is InChI=1S/C14H16F3NO6S/c1-7(2)11(12(19)20)18-25(22,23)10-6-8(14(15,16)17)4-5-9(10)13(21)24-3/h4-7,11,18H,1-3H3,(H,19,20)/t11-/m0/s1. The van der Waals surface area contributed by atoms with Gasteiger partial charge in [-0.1, -0.05) is 13.8 Å². The second kappa shape index (κ2) is 7.40. The topological polar surface area (TPSA) is 110 Å². The van der Waals surface area contributed by atoms with Crippen molar-refractivity contribution in [2.75, 3.05) is 7.11 Å². The van der Waals surface area contributed by atoms with Crippen molar-refractivity contribution in [1.82, 2.24) is 4.72 Å². The number of methoxy groups -OCH3 is 1. The molecule has 1 aromatic carbocycles. The van der Waals surface area contributed by atoms with Gasteiger partial charge in [0.15, 0.2) is 0 Å². The molecule has 0 aliphatic heterocycles. The van der Waals surface area contributed by atoms with Crippen LogP contribution in [0.1, 0.15) is 29.8 Å². The second-order valence-electron chi connectivity index (χ2n) is 5.38. The van der Waals surface area contributed by atoms with Gasteiger partial charge in [0.2, 0.25) is 10.0 Å². The van der Waals surface area contributed by atoms with E-state index in [-0.39, 0.29) is 6.07 Å². The fourth-order valence-electron chi connectivity index (χ4n) is 1.90. The lowest BCUT2D eigenvalue weighted by Gasteiger charge is -2.19. The molecule has 2 N–H and O–H groups in total. The molecule has 0 radical (unpaired) electrons. The molecule has 0 fully saturated rings. The zero-order valence-electron chi connectivity index (χ0n) is 13.4. The van der Waals surface area contributed by atoms with Crippen LogP contribution in [0.2, 0.25) is 0 Å². The molecule has 0 saturated carbocycles. The SMILES string of the molecule is COC(=O)c1ccc(C(F)(F)F)cc1S(=O)(=O)N[C@H](C(=O)O)C(C)C. The lowest BCUT2D eigenvalue weighted by atomic mass is 10.1. The van der Waals surface area contributed by atoms with Crippen LogP contribution in [0.25, 0.3) is 0 Å². The summed E-state index contributed by atoms with van der Waals surface area (Å²) in [7, 11) is -3.82. The van der Waals surface area contributed by atoms with Crippen molar-refractivity contribution in [1.29, 1.82) is 0 Å². The molecule has 0 aliphatic rings. The van der Waals surface area contributed by atoms with Crippen LogP contribution in [0.5, 0.6) is 0 Å². The highest BCUT2D eigenvalue weighted by molar-refractivity contribution is 7.89. The van der Waals surface area contributed by atoms with Gasteiger partial charge in [-0.3, -0.25) is 4.79 Å². The summed E-state index contributed by atoms with van der Waals surface area (Å²) < 4.78 is 69.6. The predicted molar refractivity (Wildman–Crippen MR) is 79.4 cm³/mol. The van der Waals surface area contributed by atoms with E-state index in [1.165, 1.54) is 13.8 Å². The lowest BCUT2D eigenvalue weighted by Crippen LogP contribution is -2.44. The number of alkyl halides is 3. The summed E-state index contributed by atoms with van der Waals surface area (Å²) in [6.45, 7) is 2.82. The van der Waals surface area contributed by atoms with E-state index in [4.69, 9.17) is 5.11 Å². The third kappa shape index (κ3) is 4.92. The molecule has 0 bridgehead atoms. The Morgan fingerprint density at radius 2 is 1.80 bits per heavy atom. The third-order valence-corrected chi connectivity index (χ3v) is 4.70. The molecule has 0 amide bonds. The highest BCUT2D eigenvalue weighted by Crippen LogP contribution is 2.32. The molecule has 140 valence electrons. The maximum Gasteiger partial charge on any atom is 0.416 e. The van der Waals surface area contributed by atoms with Gasteiger partial charge in [-0.25, -0.2) is 13.2 Å². The van der Waals surface area contributed by atoms with Crippen molar-refractivity contribution in [3.8, 4) is 0 Å². The van der Waals surface area contributed by atoms with Gasteiger partial charge in [0.25, 0.3) is 0 Å². The maximum atomic E-state index is 12.9. The highest BCUT2D eigenvalue weighted by atomic mass is 32.2. The Hall–Kier alpha value is -2.14. The maximum absolute atomic E-state index is 12.9. The minimum Gasteiger partial charge on any atom is -0.480 e. The monoisotopic (exact) mass is 383 g/mol. The summed E-state index contributed by atoms with van der Waals surface area (Å²) >= 11 is 0. The van der Waals surface area contributed by atoms with Crippen LogP contribution in [0, 0.1) is 5.92 Å². The van der Waals surface area contributed by atoms with Crippen molar-refractivity contribution in [3.05, 3.63) is 29.3 Å². The Morgan fingerprint density at radius 3 is 2.20 bits per heavy atom. The first-order chi connectivity index (χ1) is 11.3. The molecule has 1 atom stereocenters. The average Bonchev–Trinajstić information content (AvgIpc) is 2.49. The zero-order valence-corrected chi connectivity index (χ0v) is 14.2. The van der Waals surface area contributed by atoms with Crippen molar-refractivity contribution < 1.29 is 41.0 Å². The van der Waals surface area contributed by atoms with E-state index in [1.807, 2.05) is 0 Å². The van der Waals surface area contributed by atoms with Gasteiger partial charge in [0, 0.05) is 0 Å². The number of nitrogens with one attached hydrogen (secondary N) is 1. The number of sulfonamides is 1. The third-order valence-electron chi connectivity index (χ3n) is 3.22. The molecule has 1 aromatic rings. The fraction of sp³-hybridized carbons (Fsp3) is 0.429. The molecule has 0 heterocycles. The van der Waals surface area contributed by atoms with Crippen molar-refractivity contribution >= 4 is 22.0 Å². The predicted octanol–water partition coefficient (Wildman–Crippen LogP) is 1.88. The van der Waals surface area contributed by atoms with Gasteiger partial charge in [-0.15, -0.1) is 0 Å². The molecule has 0 aliphatic carbocycles. The van der Waals surface area contributed by atoms with Gasteiger partial charge >= 0.3 is 18.1 Å². The van der Waals surface area contributed by atoms with E-state index in [0.29, 0.717) is 12.1 Å². The second-order valence-corrected chi connectivity index (χ2v) is 7.06. The molecule has 0 saturated heterocycles. The molecule has 0 aromatic heterocycles. The minimum atomic E-state index is -4.86. The number of hydrogen-bond acceptors (Lipinski definition) is 5. The van der Waals surface area contributed by atoms with Crippen LogP contribution in [0.3, 0.4) is 0 Å². The number of aliphatic carboxylic acids is 1. The molecule has 7 nitrogen and oxygen atoms in total. The first-order valence-electron chi connectivity index (χ1n) is 6.86. The number of carbonyl (C=O) groups excluding carboxylic acids is 1. The van der Waals surface area contributed by atoms with E-state index >= 15 is 0 Å². The van der Waals surface area contributed by atoms with Crippen molar-refractivity contribution in [3.63, 3.8) is 0 Å². The summed E-state index contributed by atoms with van der Waals surface area (Å²) in [5.74, 6) is -3.38. The number of benzene rings is 1. The quantitative estimate of drug-likeness (QED) is 0.726. The summed E-state index contributed by atoms with van der Waals surface area (Å²) in [6.07, 6.45) is -4.86. The van der Waals surface area contributed by atoms with Gasteiger partial charge < -0.3 is 9.84 Å². The average molecular weight is 383 g/mol. The smallest absolute Gasteiger partial charge is 0.416 e. The van der Waals surface area contributed by atoms with Gasteiger partial charge in [0.1, 0.15) is 6.04 Å². The van der Waals surface area contributed by atoms with Crippen LogP contribution in [-0.2, 0) is 25.7 Å². The molecule has 0 spiro atoms. The van der Waals surface area contributed by atoms with Crippen molar-refractivity contribution in [2.45, 2.75) is 31.0 Å². The van der Waals surface area contributed by atoms with E-state index in [2.05, 4.69) is 4.74 Å². The molecule has 11 heteroatoms. The summed E-state index contributed by atoms with van der Waals surface area (Å²) in [6, 6.07) is -0.144. The molecular weight excluding hydrogens is 367 g/mol. The van der Waals surface area contributed by atoms with E-state index in [0.717, 1.165) is 7.11 Å². The number of carboxylic acid groups (broad SMARTS) is 1. The van der Waals surface area contributed by atoms with Crippen molar-refractivity contribution in [2.24, 2.45) is 5.92 Å². The Morgan fingerprint density at radius 1 is 1.24 bits per heavy atom. The van der Waals surface area contributed by atoms with Crippen LogP contribution in [-0.4, -0.2) is 38.6 Å². The number of hydrogen-bond donors (Lipinski definition) is 2. The molecule has 1 rings (SSSR count). The Kier molecular flexibility index (Phi) is 6.19. The molecular formula is C14H16F3NO6S. The summed E-state index contributed by atoms with van der Waals surface area (Å²) in [5.41, 5.74) is -1.95. The van der Waals surface area contributed by atoms with Crippen LogP contribution in [0.4, 0.5) is 13.2 Å². The Balaban J connectivity index is 3.54. The number of carboxylic acids is 1. The van der Waals surface area contributed by atoms with Gasteiger partial charge in [0.05, 0.1) is 23.1 Å². The minimum absolute atomic E-state index is 0.258. The Bertz CT molecular complexity index is 773. The molecule has 0 unspecified atom stereocenters. The fourth-order valence-corrected chi connectivity index (χ4v) is 3.46. The highest BCUT2D eigenvalue weighted by Gasteiger charge is 2.36. The lowest BCUT2D eigenvalue weighted by molar-refractivity contribution is -0.140. The summed E-state index contributed by atoms with van der Waals surface area (Å²) in [4.78, 5) is 21.8. The summed E-state index contributed by atoms with van der Waals surface area (Å²) in [5, 5.41) is 9.06. The van der Waals surface area contributed by atoms with Gasteiger partial charge in [-0.05, 0) is 24.1 Å². The van der Waals surface area contributed by atoms with E-state index in [1.54, 1.807) is 4.72 Å². The Labute approximate surface area is 141 Å². The number of esters is 1. The largest absolute Gasteiger partial charge is 0.480 e. The zero-order chi connectivity index (χ0) is 19.6. The van der Waals surface area contributed by atoms with Gasteiger partial charge in [-0.2, -0.15) is 17.9 Å². The number of rotatable bonds is 6. The van der Waals surface area contributed by atoms with E-state index < -0.39 is 56.1 Å². The number of ether oxygens (including phenoxy) is 1. The van der Waals surface area contributed by atoms with Crippen LogP contribution in [0.15, 0.2) is 23.1 Å².